The van der Waals surface area contributed by atoms with Gasteiger partial charge in [-0.1, -0.05) is 32.0 Å². The minimum Gasteiger partial charge on any atom is -0.489 e. The molecule has 0 unspecified atom stereocenters. The van der Waals surface area contributed by atoms with Gasteiger partial charge in [-0.15, -0.1) is 11.3 Å². The first kappa shape index (κ1) is 28.0. The SMILES string of the molecule is CC(C)CCOc1c(/C=C/c2nc3ccccn3c2C(=O)Nc2nc(C(F)(F)F)cs2)cccc1OC(F)F. The molecule has 0 radical (unpaired) electrons. The lowest BCUT2D eigenvalue weighted by Gasteiger charge is -2.15. The monoisotopic (exact) mass is 566 g/mol. The van der Waals surface area contributed by atoms with Crippen LogP contribution in [0.1, 0.15) is 47.7 Å². The average Bonchev–Trinajstić information content (AvgIpc) is 3.48. The number of hydrogen-bond acceptors (Lipinski definition) is 6. The lowest BCUT2D eigenvalue weighted by Crippen LogP contribution is -2.16. The van der Waals surface area contributed by atoms with Crippen LogP contribution >= 0.6 is 11.3 Å². The Kier molecular flexibility index (Phi) is 8.48. The van der Waals surface area contributed by atoms with Crippen molar-refractivity contribution < 1.29 is 36.2 Å². The average molecular weight is 567 g/mol. The van der Waals surface area contributed by atoms with Gasteiger partial charge in [0.05, 0.1) is 12.3 Å². The van der Waals surface area contributed by atoms with Gasteiger partial charge in [0.25, 0.3) is 5.91 Å². The van der Waals surface area contributed by atoms with Crippen molar-refractivity contribution in [3.05, 3.63) is 70.6 Å². The highest BCUT2D eigenvalue weighted by atomic mass is 32.1. The number of imidazole rings is 1. The zero-order chi connectivity index (χ0) is 28.2. The third kappa shape index (κ3) is 6.91. The van der Waals surface area contributed by atoms with Crippen LogP contribution in [0.3, 0.4) is 0 Å². The van der Waals surface area contributed by atoms with Crippen molar-refractivity contribution in [2.75, 3.05) is 11.9 Å². The number of nitrogens with one attached hydrogen (secondary N) is 1. The van der Waals surface area contributed by atoms with Gasteiger partial charge in [0.15, 0.2) is 22.3 Å². The number of anilines is 1. The van der Waals surface area contributed by atoms with E-state index in [1.807, 2.05) is 13.8 Å². The van der Waals surface area contributed by atoms with E-state index < -0.39 is 24.4 Å². The van der Waals surface area contributed by atoms with Crippen LogP contribution in [-0.4, -0.2) is 33.5 Å². The Balaban J connectivity index is 1.69. The number of alkyl halides is 5. The number of halogens is 5. The first-order chi connectivity index (χ1) is 18.5. The number of amides is 1. The van der Waals surface area contributed by atoms with Gasteiger partial charge in [-0.2, -0.15) is 22.0 Å². The molecule has 3 heterocycles. The molecule has 0 bridgehead atoms. The second kappa shape index (κ2) is 11.8. The topological polar surface area (TPSA) is 77.8 Å². The molecule has 0 aliphatic rings. The first-order valence-electron chi connectivity index (χ1n) is 11.7. The van der Waals surface area contributed by atoms with Crippen LogP contribution in [0.25, 0.3) is 17.8 Å². The van der Waals surface area contributed by atoms with Crippen molar-refractivity contribution in [3.63, 3.8) is 0 Å². The van der Waals surface area contributed by atoms with E-state index in [1.54, 1.807) is 30.5 Å². The molecule has 13 heteroatoms. The van der Waals surface area contributed by atoms with E-state index in [1.165, 1.54) is 28.7 Å². The van der Waals surface area contributed by atoms with Crippen LogP contribution in [0.4, 0.5) is 27.1 Å². The van der Waals surface area contributed by atoms with E-state index in [0.717, 1.165) is 5.38 Å². The van der Waals surface area contributed by atoms with Gasteiger partial charge in [-0.25, -0.2) is 9.97 Å². The molecule has 206 valence electrons. The van der Waals surface area contributed by atoms with Crippen molar-refractivity contribution in [3.8, 4) is 11.5 Å². The summed E-state index contributed by atoms with van der Waals surface area (Å²) >= 11 is 0.639. The van der Waals surface area contributed by atoms with Crippen LogP contribution in [0.5, 0.6) is 11.5 Å². The standard InChI is InChI=1S/C26H23F5N4O3S/c1-15(2)11-13-37-22-16(6-5-7-18(22)38-24(27)28)9-10-17-21(35-12-4-3-8-20(35)32-17)23(36)34-25-33-19(14-39-25)26(29,30)31/h3-10,12,14-15,24H,11,13H2,1-2H3,(H,33,34,36)/b10-9+. The number of carbonyl (C=O) groups is 1. The molecule has 0 saturated carbocycles. The molecular formula is C26H23F5N4O3S. The number of benzene rings is 1. The molecule has 0 aliphatic heterocycles. The van der Waals surface area contributed by atoms with Crippen molar-refractivity contribution in [1.82, 2.24) is 14.4 Å². The molecule has 7 nitrogen and oxygen atoms in total. The Labute approximate surface area is 223 Å². The molecule has 4 rings (SSSR count). The summed E-state index contributed by atoms with van der Waals surface area (Å²) in [6, 6.07) is 9.53. The molecule has 39 heavy (non-hydrogen) atoms. The summed E-state index contributed by atoms with van der Waals surface area (Å²) in [5.41, 5.74) is -0.0971. The number of nitrogens with zero attached hydrogens (tertiary/aromatic N) is 3. The number of hydrogen-bond donors (Lipinski definition) is 1. The Bertz CT molecular complexity index is 1480. The predicted octanol–water partition coefficient (Wildman–Crippen LogP) is 7.26. The zero-order valence-electron chi connectivity index (χ0n) is 20.7. The van der Waals surface area contributed by atoms with Crippen LogP contribution in [0.15, 0.2) is 48.0 Å². The second-order valence-electron chi connectivity index (χ2n) is 8.68. The lowest BCUT2D eigenvalue weighted by atomic mass is 10.1. The predicted molar refractivity (Wildman–Crippen MR) is 137 cm³/mol. The van der Waals surface area contributed by atoms with E-state index >= 15 is 0 Å². The molecule has 1 N–H and O–H groups in total. The summed E-state index contributed by atoms with van der Waals surface area (Å²) in [7, 11) is 0. The number of thiazole rings is 1. The molecule has 1 amide bonds. The van der Waals surface area contributed by atoms with Crippen LogP contribution in [-0.2, 0) is 6.18 Å². The maximum Gasteiger partial charge on any atom is 0.434 e. The smallest absolute Gasteiger partial charge is 0.434 e. The molecule has 0 fully saturated rings. The van der Waals surface area contributed by atoms with Crippen LogP contribution < -0.4 is 14.8 Å². The van der Waals surface area contributed by atoms with E-state index in [4.69, 9.17) is 4.74 Å². The molecule has 0 aliphatic carbocycles. The summed E-state index contributed by atoms with van der Waals surface area (Å²) in [5.74, 6) is -0.462. The third-order valence-electron chi connectivity index (χ3n) is 5.37. The minimum absolute atomic E-state index is 0.0351. The summed E-state index contributed by atoms with van der Waals surface area (Å²) < 4.78 is 76.8. The molecule has 0 spiro atoms. The number of para-hydroxylation sites is 1. The van der Waals surface area contributed by atoms with Gasteiger partial charge in [0.2, 0.25) is 0 Å². The number of fused-ring (bicyclic) bond motifs is 1. The number of carbonyl (C=O) groups excluding carboxylic acids is 1. The maximum atomic E-state index is 13.2. The quantitative estimate of drug-likeness (QED) is 0.205. The highest BCUT2D eigenvalue weighted by Crippen LogP contribution is 2.35. The Morgan fingerprint density at radius 1 is 1.13 bits per heavy atom. The highest BCUT2D eigenvalue weighted by Gasteiger charge is 2.34. The van der Waals surface area contributed by atoms with Crippen molar-refractivity contribution in [2.24, 2.45) is 5.92 Å². The van der Waals surface area contributed by atoms with Gasteiger partial charge in [0, 0.05) is 17.1 Å². The summed E-state index contributed by atoms with van der Waals surface area (Å²) in [4.78, 5) is 21.1. The van der Waals surface area contributed by atoms with Gasteiger partial charge in [-0.3, -0.25) is 14.5 Å². The lowest BCUT2D eigenvalue weighted by molar-refractivity contribution is -0.140. The second-order valence-corrected chi connectivity index (χ2v) is 9.54. The van der Waals surface area contributed by atoms with Crippen LogP contribution in [0.2, 0.25) is 0 Å². The van der Waals surface area contributed by atoms with Crippen molar-refractivity contribution in [1.29, 1.82) is 0 Å². The minimum atomic E-state index is -4.64. The number of aromatic nitrogens is 3. The highest BCUT2D eigenvalue weighted by molar-refractivity contribution is 7.14. The van der Waals surface area contributed by atoms with Gasteiger partial charge < -0.3 is 9.47 Å². The summed E-state index contributed by atoms with van der Waals surface area (Å²) in [6.45, 7) is 1.20. The van der Waals surface area contributed by atoms with E-state index in [0.29, 0.717) is 34.9 Å². The Hall–Kier alpha value is -4.00. The zero-order valence-corrected chi connectivity index (χ0v) is 21.5. The summed E-state index contributed by atoms with van der Waals surface area (Å²) in [5, 5.41) is 2.97. The largest absolute Gasteiger partial charge is 0.489 e. The Morgan fingerprint density at radius 3 is 2.62 bits per heavy atom. The Morgan fingerprint density at radius 2 is 1.92 bits per heavy atom. The third-order valence-corrected chi connectivity index (χ3v) is 6.13. The first-order valence-corrected chi connectivity index (χ1v) is 12.6. The normalized spacial score (nSPS) is 12.1. The maximum absolute atomic E-state index is 13.2. The van der Waals surface area contributed by atoms with Crippen LogP contribution in [0, 0.1) is 5.92 Å². The molecule has 0 atom stereocenters. The molecule has 0 saturated heterocycles. The fraction of sp³-hybridized carbons (Fsp3) is 0.269. The molecule has 1 aromatic carbocycles. The fourth-order valence-corrected chi connectivity index (χ4v) is 4.26. The van der Waals surface area contributed by atoms with Gasteiger partial charge >= 0.3 is 12.8 Å². The molecule has 4 aromatic rings. The van der Waals surface area contributed by atoms with E-state index in [9.17, 15) is 26.7 Å². The van der Waals surface area contributed by atoms with E-state index in [2.05, 4.69) is 20.0 Å². The number of rotatable bonds is 10. The van der Waals surface area contributed by atoms with Crippen molar-refractivity contribution in [2.45, 2.75) is 33.1 Å². The molecular weight excluding hydrogens is 543 g/mol. The fourth-order valence-electron chi connectivity index (χ4n) is 3.55. The van der Waals surface area contributed by atoms with Crippen molar-refractivity contribution >= 4 is 40.2 Å². The van der Waals surface area contributed by atoms with Gasteiger partial charge in [-0.05, 0) is 42.7 Å². The van der Waals surface area contributed by atoms with E-state index in [-0.39, 0.29) is 34.6 Å². The van der Waals surface area contributed by atoms with Gasteiger partial charge in [0.1, 0.15) is 11.3 Å². The number of pyridine rings is 1. The molecule has 3 aromatic heterocycles. The number of ether oxygens (including phenoxy) is 2. The summed E-state index contributed by atoms with van der Waals surface area (Å²) in [6.07, 6.45) is 0.632.